The van der Waals surface area contributed by atoms with Gasteiger partial charge >= 0.3 is 12.1 Å². The lowest BCUT2D eigenvalue weighted by atomic mass is 9.94. The summed E-state index contributed by atoms with van der Waals surface area (Å²) >= 11 is 0. The molecular weight excluding hydrogens is 432 g/mol. The molecule has 1 fully saturated rings. The van der Waals surface area contributed by atoms with Gasteiger partial charge in [-0.15, -0.1) is 0 Å². The van der Waals surface area contributed by atoms with Crippen LogP contribution in [0.5, 0.6) is 0 Å². The van der Waals surface area contributed by atoms with E-state index >= 15 is 0 Å². The van der Waals surface area contributed by atoms with Crippen molar-refractivity contribution in [1.29, 1.82) is 0 Å². The monoisotopic (exact) mass is 464 g/mol. The number of aliphatic carboxylic acids is 1. The summed E-state index contributed by atoms with van der Waals surface area (Å²) in [5, 5.41) is 11.9. The van der Waals surface area contributed by atoms with Crippen molar-refractivity contribution in [3.63, 3.8) is 0 Å². The molecule has 34 heavy (non-hydrogen) atoms. The van der Waals surface area contributed by atoms with Crippen LogP contribution in [-0.4, -0.2) is 53.7 Å². The smallest absolute Gasteiger partial charge is 0.407 e. The molecule has 2 atom stereocenters. The van der Waals surface area contributed by atoms with Crippen LogP contribution >= 0.6 is 0 Å². The van der Waals surface area contributed by atoms with Gasteiger partial charge in [0.2, 0.25) is 5.91 Å². The van der Waals surface area contributed by atoms with Gasteiger partial charge in [-0.1, -0.05) is 55.5 Å². The number of carbonyl (C=O) groups excluding carboxylic acids is 2. The van der Waals surface area contributed by atoms with Crippen molar-refractivity contribution >= 4 is 18.0 Å². The Morgan fingerprint density at radius 3 is 2.35 bits per heavy atom. The van der Waals surface area contributed by atoms with Crippen LogP contribution in [0.4, 0.5) is 4.79 Å². The second kappa shape index (κ2) is 10.7. The molecule has 2 aliphatic rings. The first-order valence-electron chi connectivity index (χ1n) is 12.1. The predicted octanol–water partition coefficient (Wildman–Crippen LogP) is 4.41. The minimum Gasteiger partial charge on any atom is -0.481 e. The van der Waals surface area contributed by atoms with E-state index in [0.29, 0.717) is 19.5 Å². The van der Waals surface area contributed by atoms with Crippen LogP contribution in [0.25, 0.3) is 11.1 Å². The summed E-state index contributed by atoms with van der Waals surface area (Å²) in [6.45, 7) is 3.25. The van der Waals surface area contributed by atoms with Crippen LogP contribution in [0.15, 0.2) is 48.5 Å². The highest BCUT2D eigenvalue weighted by Gasteiger charge is 2.30. The summed E-state index contributed by atoms with van der Waals surface area (Å²) in [7, 11) is 0. The standard InChI is InChI=1S/C27H32N2O5/c1-2-19(15-25(30)29-13-7-8-18(16-29)14-26(31)32)28-27(33)34-17-24-22-11-5-3-9-20(22)21-10-4-6-12-23(21)24/h3-6,9-12,18-19,24H,2,7-8,13-17H2,1H3,(H,28,33)(H,31,32)/t18?,19-/m1/s1. The molecular formula is C27H32N2O5. The highest BCUT2D eigenvalue weighted by Crippen LogP contribution is 2.44. The zero-order valence-electron chi connectivity index (χ0n) is 19.5. The van der Waals surface area contributed by atoms with E-state index in [4.69, 9.17) is 9.84 Å². The van der Waals surface area contributed by atoms with E-state index in [9.17, 15) is 14.4 Å². The molecule has 0 bridgehead atoms. The van der Waals surface area contributed by atoms with E-state index in [1.807, 2.05) is 31.2 Å². The van der Waals surface area contributed by atoms with Crippen molar-refractivity contribution < 1.29 is 24.2 Å². The number of hydrogen-bond donors (Lipinski definition) is 2. The summed E-state index contributed by atoms with van der Waals surface area (Å²) in [6, 6.07) is 16.0. The summed E-state index contributed by atoms with van der Waals surface area (Å²) in [4.78, 5) is 38.2. The maximum Gasteiger partial charge on any atom is 0.407 e. The van der Waals surface area contributed by atoms with Gasteiger partial charge in [0.15, 0.2) is 0 Å². The number of likely N-dealkylation sites (tertiary alicyclic amines) is 1. The van der Waals surface area contributed by atoms with Crippen molar-refractivity contribution in [2.75, 3.05) is 19.7 Å². The number of carbonyl (C=O) groups is 3. The second-order valence-electron chi connectivity index (χ2n) is 9.23. The summed E-state index contributed by atoms with van der Waals surface area (Å²) in [6.07, 6.45) is 1.97. The van der Waals surface area contributed by atoms with Crippen LogP contribution < -0.4 is 5.32 Å². The molecule has 7 heteroatoms. The number of ether oxygens (including phenoxy) is 1. The van der Waals surface area contributed by atoms with E-state index in [1.54, 1.807) is 4.90 Å². The van der Waals surface area contributed by atoms with E-state index in [2.05, 4.69) is 29.6 Å². The Kier molecular flexibility index (Phi) is 7.50. The average molecular weight is 465 g/mol. The fraction of sp³-hybridized carbons (Fsp3) is 0.444. The minimum absolute atomic E-state index is 0.00892. The fourth-order valence-corrected chi connectivity index (χ4v) is 5.15. The lowest BCUT2D eigenvalue weighted by molar-refractivity contribution is -0.140. The zero-order chi connectivity index (χ0) is 24.1. The van der Waals surface area contributed by atoms with Crippen LogP contribution in [-0.2, 0) is 14.3 Å². The maximum absolute atomic E-state index is 12.8. The third-order valence-electron chi connectivity index (χ3n) is 6.91. The molecule has 2 N–H and O–H groups in total. The van der Waals surface area contributed by atoms with Crippen molar-refractivity contribution in [3.8, 4) is 11.1 Å². The fourth-order valence-electron chi connectivity index (χ4n) is 5.15. The van der Waals surface area contributed by atoms with Crippen molar-refractivity contribution in [3.05, 3.63) is 59.7 Å². The third kappa shape index (κ3) is 5.41. The highest BCUT2D eigenvalue weighted by molar-refractivity contribution is 5.80. The highest BCUT2D eigenvalue weighted by atomic mass is 16.5. The van der Waals surface area contributed by atoms with Crippen molar-refractivity contribution in [2.24, 2.45) is 5.92 Å². The molecule has 1 heterocycles. The SMILES string of the molecule is CC[C@H](CC(=O)N1CCCC(CC(=O)O)C1)NC(=O)OCC1c2ccccc2-c2ccccc21. The molecule has 2 aromatic carbocycles. The van der Waals surface area contributed by atoms with Gasteiger partial charge < -0.3 is 20.1 Å². The molecule has 2 amide bonds. The molecule has 7 nitrogen and oxygen atoms in total. The average Bonchev–Trinajstić information content (AvgIpc) is 3.15. The van der Waals surface area contributed by atoms with E-state index in [0.717, 1.165) is 24.0 Å². The van der Waals surface area contributed by atoms with Gasteiger partial charge in [0.25, 0.3) is 0 Å². The first kappa shape index (κ1) is 23.8. The predicted molar refractivity (Wildman–Crippen MR) is 128 cm³/mol. The van der Waals surface area contributed by atoms with E-state index < -0.39 is 12.1 Å². The topological polar surface area (TPSA) is 95.9 Å². The number of nitrogens with one attached hydrogen (secondary N) is 1. The molecule has 4 rings (SSSR count). The van der Waals surface area contributed by atoms with Gasteiger partial charge in [-0.25, -0.2) is 4.79 Å². The van der Waals surface area contributed by atoms with Crippen molar-refractivity contribution in [1.82, 2.24) is 10.2 Å². The molecule has 1 saturated heterocycles. The number of carboxylic acids is 1. The first-order chi connectivity index (χ1) is 16.5. The molecule has 1 unspecified atom stereocenters. The van der Waals surface area contributed by atoms with Gasteiger partial charge in [-0.2, -0.15) is 0 Å². The summed E-state index contributed by atoms with van der Waals surface area (Å²) in [5.41, 5.74) is 4.65. The number of amides is 2. The normalized spacial score (nSPS) is 18.0. The van der Waals surface area contributed by atoms with Crippen LogP contribution in [0.2, 0.25) is 0 Å². The second-order valence-corrected chi connectivity index (χ2v) is 9.23. The number of nitrogens with zero attached hydrogens (tertiary/aromatic N) is 1. The van der Waals surface area contributed by atoms with Crippen molar-refractivity contribution in [2.45, 2.75) is 51.0 Å². The Morgan fingerprint density at radius 2 is 1.74 bits per heavy atom. The molecule has 0 spiro atoms. The molecule has 0 radical (unpaired) electrons. The maximum atomic E-state index is 12.8. The molecule has 180 valence electrons. The number of benzene rings is 2. The van der Waals surface area contributed by atoms with Crippen LogP contribution in [0.3, 0.4) is 0 Å². The summed E-state index contributed by atoms with van der Waals surface area (Å²) < 4.78 is 5.62. The van der Waals surface area contributed by atoms with Crippen LogP contribution in [0, 0.1) is 5.92 Å². The molecule has 1 aliphatic carbocycles. The van der Waals surface area contributed by atoms with Gasteiger partial charge in [-0.05, 0) is 47.4 Å². The lowest BCUT2D eigenvalue weighted by Crippen LogP contribution is -2.44. The summed E-state index contributed by atoms with van der Waals surface area (Å²) in [5.74, 6) is -0.909. The zero-order valence-corrected chi connectivity index (χ0v) is 19.5. The number of piperidine rings is 1. The Hall–Kier alpha value is -3.35. The largest absolute Gasteiger partial charge is 0.481 e. The molecule has 2 aromatic rings. The number of carboxylic acid groups (broad SMARTS) is 1. The van der Waals surface area contributed by atoms with Gasteiger partial charge in [-0.3, -0.25) is 9.59 Å². The number of hydrogen-bond acceptors (Lipinski definition) is 4. The van der Waals surface area contributed by atoms with E-state index in [1.165, 1.54) is 11.1 Å². The number of fused-ring (bicyclic) bond motifs is 3. The van der Waals surface area contributed by atoms with E-state index in [-0.39, 0.29) is 43.2 Å². The molecule has 0 aromatic heterocycles. The Labute approximate surface area is 200 Å². The Morgan fingerprint density at radius 1 is 1.09 bits per heavy atom. The van der Waals surface area contributed by atoms with Gasteiger partial charge in [0, 0.05) is 37.9 Å². The van der Waals surface area contributed by atoms with Gasteiger partial charge in [0.05, 0.1) is 0 Å². The number of alkyl carbamates (subject to hydrolysis) is 1. The van der Waals surface area contributed by atoms with Gasteiger partial charge in [0.1, 0.15) is 6.61 Å². The Balaban J connectivity index is 1.31. The van der Waals surface area contributed by atoms with Crippen LogP contribution in [0.1, 0.15) is 56.1 Å². The molecule has 0 saturated carbocycles. The third-order valence-corrected chi connectivity index (χ3v) is 6.91. The minimum atomic E-state index is -0.831. The molecule has 1 aliphatic heterocycles. The lowest BCUT2D eigenvalue weighted by Gasteiger charge is -2.33. The number of rotatable bonds is 8. The quantitative estimate of drug-likeness (QED) is 0.603. The Bertz CT molecular complexity index is 1010. The first-order valence-corrected chi connectivity index (χ1v) is 12.1.